The summed E-state index contributed by atoms with van der Waals surface area (Å²) in [6.07, 6.45) is 0. The normalized spacial score (nSPS) is 19.0. The minimum Gasteiger partial charge on any atom is -0.497 e. The molecule has 2 aliphatic rings. The van der Waals surface area contributed by atoms with Gasteiger partial charge in [-0.15, -0.1) is 0 Å². The molecule has 8 nitrogen and oxygen atoms in total. The van der Waals surface area contributed by atoms with Crippen LogP contribution in [0.4, 0.5) is 5.69 Å². The summed E-state index contributed by atoms with van der Waals surface area (Å²) >= 11 is 1.16. The molecule has 0 aliphatic carbocycles. The van der Waals surface area contributed by atoms with E-state index >= 15 is 0 Å². The average molecular weight is 451 g/mol. The number of allylic oxidation sites excluding steroid dienone is 1. The van der Waals surface area contributed by atoms with Crippen LogP contribution in [0.2, 0.25) is 0 Å². The van der Waals surface area contributed by atoms with Crippen molar-refractivity contribution in [2.75, 3.05) is 19.1 Å². The molecule has 0 bridgehead atoms. The lowest BCUT2D eigenvalue weighted by atomic mass is 9.94. The number of nitrogens with one attached hydrogen (secondary N) is 1. The number of rotatable bonds is 6. The Morgan fingerprint density at radius 2 is 1.91 bits per heavy atom. The first kappa shape index (κ1) is 21.6. The van der Waals surface area contributed by atoms with Crippen LogP contribution in [-0.4, -0.2) is 40.7 Å². The highest BCUT2D eigenvalue weighted by Crippen LogP contribution is 2.42. The van der Waals surface area contributed by atoms with Crippen molar-refractivity contribution in [3.05, 3.63) is 71.4 Å². The van der Waals surface area contributed by atoms with Gasteiger partial charge in [0.05, 0.1) is 36.7 Å². The van der Waals surface area contributed by atoms with Gasteiger partial charge in [0.1, 0.15) is 5.75 Å². The second-order valence-electron chi connectivity index (χ2n) is 6.96. The van der Waals surface area contributed by atoms with Crippen LogP contribution in [-0.2, 0) is 14.3 Å². The highest BCUT2D eigenvalue weighted by atomic mass is 32.2. The fourth-order valence-electron chi connectivity index (χ4n) is 3.47. The number of hydrogen-bond acceptors (Lipinski definition) is 8. The Kier molecular flexibility index (Phi) is 6.27. The Balaban J connectivity index is 1.73. The summed E-state index contributed by atoms with van der Waals surface area (Å²) < 4.78 is 10.5. The van der Waals surface area contributed by atoms with Gasteiger partial charge in [-0.3, -0.25) is 15.1 Å². The van der Waals surface area contributed by atoms with E-state index in [0.717, 1.165) is 23.0 Å². The van der Waals surface area contributed by atoms with Gasteiger partial charge < -0.3 is 9.47 Å². The van der Waals surface area contributed by atoms with Gasteiger partial charge in [0.25, 0.3) is 5.91 Å². The number of nitrogens with zero attached hydrogens (tertiary/aromatic N) is 3. The molecular formula is C23H22N4O4S. The standard InChI is InChI=1S/C23H22N4O4S/c1-4-31-22(29)18-14(2)24-23-27(19(18)15-10-12-17(30-3)13-11-15)21(28)20(32-23)26-25-16-8-6-5-7-9-16/h5-13,19,25H,4H2,1-3H3. The zero-order valence-corrected chi connectivity index (χ0v) is 18.7. The van der Waals surface area contributed by atoms with E-state index in [9.17, 15) is 9.59 Å². The highest BCUT2D eigenvalue weighted by molar-refractivity contribution is 8.29. The fourth-order valence-corrected chi connectivity index (χ4v) is 4.39. The number of carbonyl (C=O) groups excluding carboxylic acids is 2. The zero-order valence-electron chi connectivity index (χ0n) is 17.9. The molecule has 9 heteroatoms. The summed E-state index contributed by atoms with van der Waals surface area (Å²) in [5, 5.41) is 5.00. The molecule has 1 amide bonds. The first-order chi connectivity index (χ1) is 15.5. The number of ether oxygens (including phenoxy) is 2. The van der Waals surface area contributed by atoms with E-state index in [2.05, 4.69) is 15.5 Å². The number of carbonyl (C=O) groups is 2. The minimum atomic E-state index is -0.683. The van der Waals surface area contributed by atoms with Crippen LogP contribution in [0.15, 0.2) is 76.0 Å². The summed E-state index contributed by atoms with van der Waals surface area (Å²) in [5.41, 5.74) is 5.24. The van der Waals surface area contributed by atoms with Crippen molar-refractivity contribution in [1.82, 2.24) is 4.90 Å². The van der Waals surface area contributed by atoms with E-state index in [-0.39, 0.29) is 17.6 Å². The third-order valence-electron chi connectivity index (χ3n) is 4.97. The summed E-state index contributed by atoms with van der Waals surface area (Å²) in [4.78, 5) is 32.2. The Hall–Kier alpha value is -3.59. The van der Waals surface area contributed by atoms with E-state index in [4.69, 9.17) is 9.47 Å². The largest absolute Gasteiger partial charge is 0.497 e. The van der Waals surface area contributed by atoms with Crippen molar-refractivity contribution in [3.8, 4) is 5.75 Å². The molecule has 164 valence electrons. The van der Waals surface area contributed by atoms with Crippen LogP contribution in [0.3, 0.4) is 0 Å². The lowest BCUT2D eigenvalue weighted by Gasteiger charge is -2.32. The lowest BCUT2D eigenvalue weighted by molar-refractivity contribution is -0.139. The highest BCUT2D eigenvalue weighted by Gasteiger charge is 2.46. The molecule has 0 aromatic heterocycles. The molecule has 2 aliphatic heterocycles. The molecular weight excluding hydrogens is 428 g/mol. The fraction of sp³-hybridized carbons (Fsp3) is 0.217. The Bertz CT molecular complexity index is 1130. The van der Waals surface area contributed by atoms with Gasteiger partial charge in [-0.1, -0.05) is 30.3 Å². The number of methoxy groups -OCH3 is 1. The van der Waals surface area contributed by atoms with E-state index in [1.165, 1.54) is 4.90 Å². The van der Waals surface area contributed by atoms with Gasteiger partial charge in [0, 0.05) is 0 Å². The van der Waals surface area contributed by atoms with Gasteiger partial charge in [-0.05, 0) is 55.4 Å². The van der Waals surface area contributed by atoms with Crippen LogP contribution in [0.25, 0.3) is 0 Å². The van der Waals surface area contributed by atoms with E-state index in [1.807, 2.05) is 42.5 Å². The van der Waals surface area contributed by atoms with Gasteiger partial charge in [0.2, 0.25) is 0 Å². The van der Waals surface area contributed by atoms with Crippen molar-refractivity contribution in [3.63, 3.8) is 0 Å². The number of benzene rings is 2. The van der Waals surface area contributed by atoms with Gasteiger partial charge in [0.15, 0.2) is 10.2 Å². The predicted molar refractivity (Wildman–Crippen MR) is 124 cm³/mol. The molecule has 1 atom stereocenters. The SMILES string of the molecule is CCOC(=O)C1=C(C)N=C2SC(=NNc3ccccc3)C(=O)N2C1c1ccc(OC)cc1. The summed E-state index contributed by atoms with van der Waals surface area (Å²) in [7, 11) is 1.58. The molecule has 4 rings (SSSR count). The summed E-state index contributed by atoms with van der Waals surface area (Å²) in [6, 6.07) is 15.9. The zero-order chi connectivity index (χ0) is 22.7. The van der Waals surface area contributed by atoms with Gasteiger partial charge in [-0.25, -0.2) is 9.79 Å². The molecule has 0 saturated carbocycles. The maximum atomic E-state index is 13.4. The van der Waals surface area contributed by atoms with Crippen molar-refractivity contribution >= 4 is 39.5 Å². The lowest BCUT2D eigenvalue weighted by Crippen LogP contribution is -2.40. The topological polar surface area (TPSA) is 92.6 Å². The summed E-state index contributed by atoms with van der Waals surface area (Å²) in [5.74, 6) is -0.167. The van der Waals surface area contributed by atoms with Crippen molar-refractivity contribution in [1.29, 1.82) is 0 Å². The number of amides is 1. The first-order valence-corrected chi connectivity index (χ1v) is 10.9. The Labute approximate surface area is 190 Å². The van der Waals surface area contributed by atoms with Crippen LogP contribution >= 0.6 is 11.8 Å². The van der Waals surface area contributed by atoms with E-state index in [1.54, 1.807) is 33.1 Å². The molecule has 0 radical (unpaired) electrons. The smallest absolute Gasteiger partial charge is 0.338 e. The molecule has 1 fully saturated rings. The van der Waals surface area contributed by atoms with E-state index < -0.39 is 12.0 Å². The number of thioether (sulfide) groups is 1. The summed E-state index contributed by atoms with van der Waals surface area (Å²) in [6.45, 7) is 3.71. The maximum absolute atomic E-state index is 13.4. The van der Waals surface area contributed by atoms with Crippen molar-refractivity contribution in [2.24, 2.45) is 10.1 Å². The number of aliphatic imine (C=N–C) groups is 1. The number of esters is 1. The number of anilines is 1. The Morgan fingerprint density at radius 1 is 1.19 bits per heavy atom. The maximum Gasteiger partial charge on any atom is 0.338 e. The molecule has 1 saturated heterocycles. The third kappa shape index (κ3) is 4.11. The molecule has 2 aromatic rings. The number of fused-ring (bicyclic) bond motifs is 1. The van der Waals surface area contributed by atoms with Crippen LogP contribution in [0.5, 0.6) is 5.75 Å². The monoisotopic (exact) mass is 450 g/mol. The predicted octanol–water partition coefficient (Wildman–Crippen LogP) is 3.94. The van der Waals surface area contributed by atoms with Crippen LogP contribution < -0.4 is 10.2 Å². The molecule has 1 unspecified atom stereocenters. The quantitative estimate of drug-likeness (QED) is 0.529. The number of para-hydroxylation sites is 1. The molecule has 2 aromatic carbocycles. The second kappa shape index (κ2) is 9.27. The molecule has 0 spiro atoms. The van der Waals surface area contributed by atoms with Crippen LogP contribution in [0.1, 0.15) is 25.5 Å². The molecule has 1 N–H and O–H groups in total. The number of amidine groups is 1. The molecule has 2 heterocycles. The van der Waals surface area contributed by atoms with Gasteiger partial charge in [-0.2, -0.15) is 5.10 Å². The van der Waals surface area contributed by atoms with Crippen molar-refractivity contribution in [2.45, 2.75) is 19.9 Å². The molecule has 32 heavy (non-hydrogen) atoms. The van der Waals surface area contributed by atoms with Crippen LogP contribution in [0, 0.1) is 0 Å². The Morgan fingerprint density at radius 3 is 2.56 bits per heavy atom. The number of hydrazone groups is 1. The first-order valence-electron chi connectivity index (χ1n) is 10.0. The van der Waals surface area contributed by atoms with Gasteiger partial charge >= 0.3 is 5.97 Å². The van der Waals surface area contributed by atoms with E-state index in [0.29, 0.717) is 22.2 Å². The van der Waals surface area contributed by atoms with Crippen molar-refractivity contribution < 1.29 is 19.1 Å². The minimum absolute atomic E-state index is 0.220. The third-order valence-corrected chi connectivity index (χ3v) is 5.90. The number of hydrogen-bond donors (Lipinski definition) is 1. The second-order valence-corrected chi connectivity index (χ2v) is 7.92. The average Bonchev–Trinajstić information content (AvgIpc) is 3.12.